The van der Waals surface area contributed by atoms with E-state index in [0.29, 0.717) is 17.2 Å². The molecule has 3 rings (SSSR count). The van der Waals surface area contributed by atoms with E-state index in [1.54, 1.807) is 18.2 Å². The molecule has 1 aromatic carbocycles. The van der Waals surface area contributed by atoms with Gasteiger partial charge in [0.2, 0.25) is 0 Å². The molecule has 0 aliphatic carbocycles. The van der Waals surface area contributed by atoms with Crippen LogP contribution in [0.3, 0.4) is 0 Å². The van der Waals surface area contributed by atoms with Crippen molar-refractivity contribution in [2.45, 2.75) is 6.04 Å². The van der Waals surface area contributed by atoms with Crippen LogP contribution in [0, 0.1) is 0 Å². The second-order valence-corrected chi connectivity index (χ2v) is 4.61. The van der Waals surface area contributed by atoms with E-state index >= 15 is 0 Å². The Balaban J connectivity index is 2.07. The minimum absolute atomic E-state index is 0.110. The number of benzene rings is 1. The first-order valence-electron chi connectivity index (χ1n) is 5.53. The van der Waals surface area contributed by atoms with Crippen LogP contribution in [-0.4, -0.2) is 22.7 Å². The maximum absolute atomic E-state index is 11.8. The molecule has 5 nitrogen and oxygen atoms in total. The third kappa shape index (κ3) is 1.70. The highest BCUT2D eigenvalue weighted by Crippen LogP contribution is 2.30. The van der Waals surface area contributed by atoms with Crippen molar-refractivity contribution < 1.29 is 9.90 Å². The molecular weight excluding hydrogens is 250 g/mol. The molecule has 0 saturated carbocycles. The van der Waals surface area contributed by atoms with Gasteiger partial charge >= 0.3 is 0 Å². The third-order valence-electron chi connectivity index (χ3n) is 3.03. The number of rotatable bonds is 1. The average Bonchev–Trinajstić information content (AvgIpc) is 2.70. The Morgan fingerprint density at radius 2 is 2.22 bits per heavy atom. The molecule has 2 aliphatic rings. The topological polar surface area (TPSA) is 73.4 Å². The highest BCUT2D eigenvalue weighted by molar-refractivity contribution is 7.80. The molecule has 6 heteroatoms. The summed E-state index contributed by atoms with van der Waals surface area (Å²) in [6.45, 7) is 0.464. The molecular formula is C12H11N3O2S. The van der Waals surface area contributed by atoms with Crippen LogP contribution in [0.25, 0.3) is 0 Å². The number of hydrogen-bond donors (Lipinski definition) is 4. The fourth-order valence-electron chi connectivity index (χ4n) is 2.24. The molecule has 1 unspecified atom stereocenters. The molecule has 2 aliphatic heterocycles. The molecule has 1 atom stereocenters. The van der Waals surface area contributed by atoms with Crippen molar-refractivity contribution in [3.05, 3.63) is 41.1 Å². The largest absolute Gasteiger partial charge is 0.508 e. The number of carbonyl (C=O) groups is 1. The Morgan fingerprint density at radius 3 is 3.00 bits per heavy atom. The summed E-state index contributed by atoms with van der Waals surface area (Å²) in [6.07, 6.45) is 0. The van der Waals surface area contributed by atoms with E-state index in [-0.39, 0.29) is 17.7 Å². The standard InChI is InChI=1S/C12H11N3O2S/c16-7-3-1-2-6(4-7)10-9-8(5-13-11(9)17)14-12(18)15-10/h1-4,10,16H,5H2,(H,13,17)(H2,14,15,18). The van der Waals surface area contributed by atoms with E-state index in [0.717, 1.165) is 11.3 Å². The molecule has 2 heterocycles. The molecule has 18 heavy (non-hydrogen) atoms. The smallest absolute Gasteiger partial charge is 0.251 e. The zero-order valence-electron chi connectivity index (χ0n) is 9.36. The average molecular weight is 261 g/mol. The Hall–Kier alpha value is -2.08. The second kappa shape index (κ2) is 3.99. The van der Waals surface area contributed by atoms with Crippen molar-refractivity contribution in [2.24, 2.45) is 0 Å². The summed E-state index contributed by atoms with van der Waals surface area (Å²) in [5.74, 6) is 0.0557. The monoisotopic (exact) mass is 261 g/mol. The van der Waals surface area contributed by atoms with Gasteiger partial charge in [0, 0.05) is 5.70 Å². The van der Waals surface area contributed by atoms with Gasteiger partial charge in [-0.15, -0.1) is 0 Å². The van der Waals surface area contributed by atoms with Gasteiger partial charge in [-0.3, -0.25) is 4.79 Å². The number of amides is 1. The molecule has 0 fully saturated rings. The predicted octanol–water partition coefficient (Wildman–Crippen LogP) is 0.295. The summed E-state index contributed by atoms with van der Waals surface area (Å²) in [4.78, 5) is 11.8. The van der Waals surface area contributed by atoms with E-state index in [9.17, 15) is 9.90 Å². The van der Waals surface area contributed by atoms with Crippen LogP contribution in [0.15, 0.2) is 35.5 Å². The molecule has 0 saturated heterocycles. The molecule has 0 spiro atoms. The molecule has 92 valence electrons. The lowest BCUT2D eigenvalue weighted by molar-refractivity contribution is -0.116. The van der Waals surface area contributed by atoms with Gasteiger partial charge in [0.1, 0.15) is 5.75 Å². The number of carbonyl (C=O) groups excluding carboxylic acids is 1. The molecule has 0 bridgehead atoms. The third-order valence-corrected chi connectivity index (χ3v) is 3.25. The zero-order chi connectivity index (χ0) is 12.7. The van der Waals surface area contributed by atoms with Crippen LogP contribution in [0.5, 0.6) is 5.75 Å². The maximum atomic E-state index is 11.8. The van der Waals surface area contributed by atoms with Crippen LogP contribution in [0.4, 0.5) is 0 Å². The quantitative estimate of drug-likeness (QED) is 0.547. The summed E-state index contributed by atoms with van der Waals surface area (Å²) in [5.41, 5.74) is 2.25. The SMILES string of the molecule is O=C1NCC2=C1C(c1cccc(O)c1)NC(=S)N2. The lowest BCUT2D eigenvalue weighted by Gasteiger charge is -2.27. The van der Waals surface area contributed by atoms with Gasteiger partial charge < -0.3 is 21.1 Å². The lowest BCUT2D eigenvalue weighted by atomic mass is 9.96. The van der Waals surface area contributed by atoms with Crippen LogP contribution in [0.1, 0.15) is 11.6 Å². The summed E-state index contributed by atoms with van der Waals surface area (Å²) in [6, 6.07) is 6.49. The second-order valence-electron chi connectivity index (χ2n) is 4.20. The summed E-state index contributed by atoms with van der Waals surface area (Å²) in [7, 11) is 0. The Morgan fingerprint density at radius 1 is 1.39 bits per heavy atom. The fraction of sp³-hybridized carbons (Fsp3) is 0.167. The van der Waals surface area contributed by atoms with Crippen LogP contribution < -0.4 is 16.0 Å². The minimum atomic E-state index is -0.316. The highest BCUT2D eigenvalue weighted by Gasteiger charge is 2.34. The normalized spacial score (nSPS) is 22.1. The first-order chi connectivity index (χ1) is 8.65. The van der Waals surface area contributed by atoms with Gasteiger partial charge in [-0.05, 0) is 29.9 Å². The van der Waals surface area contributed by atoms with E-state index < -0.39 is 0 Å². The Kier molecular flexibility index (Phi) is 2.45. The summed E-state index contributed by atoms with van der Waals surface area (Å²) >= 11 is 5.12. The molecule has 4 N–H and O–H groups in total. The van der Waals surface area contributed by atoms with Crippen molar-refractivity contribution in [1.29, 1.82) is 0 Å². The number of nitrogens with one attached hydrogen (secondary N) is 3. The maximum Gasteiger partial charge on any atom is 0.251 e. The Bertz CT molecular complexity index is 582. The van der Waals surface area contributed by atoms with Crippen molar-refractivity contribution in [1.82, 2.24) is 16.0 Å². The zero-order valence-corrected chi connectivity index (χ0v) is 10.2. The van der Waals surface area contributed by atoms with Gasteiger partial charge in [0.25, 0.3) is 5.91 Å². The fourth-order valence-corrected chi connectivity index (χ4v) is 2.48. The molecule has 1 amide bonds. The predicted molar refractivity (Wildman–Crippen MR) is 69.8 cm³/mol. The lowest BCUT2D eigenvalue weighted by Crippen LogP contribution is -2.44. The van der Waals surface area contributed by atoms with Gasteiger partial charge in [0.05, 0.1) is 18.2 Å². The summed E-state index contributed by atoms with van der Waals surface area (Å²) in [5, 5.41) is 18.8. The van der Waals surface area contributed by atoms with E-state index in [2.05, 4.69) is 16.0 Å². The van der Waals surface area contributed by atoms with Gasteiger partial charge in [0.15, 0.2) is 5.11 Å². The van der Waals surface area contributed by atoms with Gasteiger partial charge in [-0.1, -0.05) is 12.1 Å². The van der Waals surface area contributed by atoms with Crippen molar-refractivity contribution in [3.8, 4) is 5.75 Å². The highest BCUT2D eigenvalue weighted by atomic mass is 32.1. The number of hydrogen-bond acceptors (Lipinski definition) is 3. The van der Waals surface area contributed by atoms with Crippen molar-refractivity contribution in [2.75, 3.05) is 6.54 Å². The van der Waals surface area contributed by atoms with Crippen molar-refractivity contribution >= 4 is 23.2 Å². The summed E-state index contributed by atoms with van der Waals surface area (Å²) < 4.78 is 0. The first kappa shape index (κ1) is 11.0. The van der Waals surface area contributed by atoms with Crippen molar-refractivity contribution in [3.63, 3.8) is 0 Å². The number of thiocarbonyl (C=S) groups is 1. The van der Waals surface area contributed by atoms with E-state index in [1.165, 1.54) is 0 Å². The van der Waals surface area contributed by atoms with Crippen LogP contribution in [-0.2, 0) is 4.79 Å². The molecule has 0 radical (unpaired) electrons. The Labute approximate surface area is 109 Å². The molecule has 0 aromatic heterocycles. The number of phenolic OH excluding ortho intramolecular Hbond substituents is 1. The van der Waals surface area contributed by atoms with E-state index in [1.807, 2.05) is 6.07 Å². The molecule has 1 aromatic rings. The number of phenols is 1. The van der Waals surface area contributed by atoms with Crippen LogP contribution >= 0.6 is 12.2 Å². The minimum Gasteiger partial charge on any atom is -0.508 e. The van der Waals surface area contributed by atoms with Gasteiger partial charge in [-0.25, -0.2) is 0 Å². The van der Waals surface area contributed by atoms with Crippen LogP contribution in [0.2, 0.25) is 0 Å². The first-order valence-corrected chi connectivity index (χ1v) is 5.93. The van der Waals surface area contributed by atoms with E-state index in [4.69, 9.17) is 12.2 Å². The van der Waals surface area contributed by atoms with Gasteiger partial charge in [-0.2, -0.15) is 0 Å². The number of aromatic hydroxyl groups is 1.